The number of imide groups is 1. The molecule has 2 aliphatic rings. The first-order chi connectivity index (χ1) is 46.8. The molecule has 27 nitrogen and oxygen atoms in total. The molecule has 1 unspecified atom stereocenters. The van der Waals surface area contributed by atoms with Gasteiger partial charge in [0.25, 0.3) is 11.8 Å². The van der Waals surface area contributed by atoms with Gasteiger partial charge < -0.3 is 49.7 Å². The van der Waals surface area contributed by atoms with Gasteiger partial charge in [-0.05, 0) is 146 Å². The lowest BCUT2D eigenvalue weighted by Crippen LogP contribution is -2.35. The Balaban J connectivity index is 0.000000171. The molecule has 7 N–H and O–H groups in total. The maximum absolute atomic E-state index is 12.9. The lowest BCUT2D eigenvalue weighted by molar-refractivity contribution is -0.138. The number of carbonyl (C=O) groups is 7. The number of nitrogens with one attached hydrogen (secondary N) is 3. The number of aromatic nitrogens is 1. The van der Waals surface area contributed by atoms with Gasteiger partial charge in [0.15, 0.2) is 27.1 Å². The second kappa shape index (κ2) is 32.8. The van der Waals surface area contributed by atoms with Crippen LogP contribution in [0.4, 0.5) is 28.4 Å². The van der Waals surface area contributed by atoms with Crippen LogP contribution in [0.25, 0.3) is 11.0 Å². The van der Waals surface area contributed by atoms with E-state index in [1.165, 1.54) is 74.8 Å². The highest BCUT2D eigenvalue weighted by molar-refractivity contribution is 7.92. The third-order valence-corrected chi connectivity index (χ3v) is 16.7. The topological polar surface area (TPSA) is 404 Å². The van der Waals surface area contributed by atoms with Crippen molar-refractivity contribution < 1.29 is 89.5 Å². The van der Waals surface area contributed by atoms with Crippen molar-refractivity contribution in [3.63, 3.8) is 0 Å². The number of fused-ring (bicyclic) bond motifs is 2. The van der Waals surface area contributed by atoms with Gasteiger partial charge in [0.05, 0.1) is 88.3 Å². The van der Waals surface area contributed by atoms with Crippen LogP contribution >= 0.6 is 0 Å². The summed E-state index contributed by atoms with van der Waals surface area (Å²) in [6, 6.07) is 43.4. The first-order valence-corrected chi connectivity index (χ1v) is 33.2. The number of rotatable bonds is 22. The quantitative estimate of drug-likeness (QED) is 0.0188. The molecular weight excluding hydrogens is 1310 g/mol. The molecule has 9 aromatic rings. The van der Waals surface area contributed by atoms with Crippen LogP contribution in [0.15, 0.2) is 207 Å². The lowest BCUT2D eigenvalue weighted by atomic mass is 10.0. The number of aromatic hydroxyl groups is 1. The molecule has 11 rings (SSSR count). The van der Waals surface area contributed by atoms with Crippen molar-refractivity contribution in [2.24, 2.45) is 10.2 Å². The number of phenols is 1. The van der Waals surface area contributed by atoms with Crippen molar-refractivity contribution in [3.8, 4) is 28.7 Å². The molecule has 4 amide bonds. The van der Waals surface area contributed by atoms with E-state index >= 15 is 0 Å². The number of carbonyl (C=O) groups excluding carboxylic acids is 4. The number of carboxylic acid groups (broad SMARTS) is 3. The Bertz CT molecular complexity index is 4670. The highest BCUT2D eigenvalue weighted by Gasteiger charge is 2.41. The summed E-state index contributed by atoms with van der Waals surface area (Å²) in [4.78, 5) is 97.8. The summed E-state index contributed by atoms with van der Waals surface area (Å²) >= 11 is 0. The number of hydrogen-bond acceptors (Lipinski definition) is 20. The zero-order valence-corrected chi connectivity index (χ0v) is 54.1. The molecule has 1 aliphatic heterocycles. The summed E-state index contributed by atoms with van der Waals surface area (Å²) < 4.78 is 73.1. The van der Waals surface area contributed by atoms with E-state index in [4.69, 9.17) is 28.8 Å². The van der Waals surface area contributed by atoms with Crippen molar-refractivity contribution in [1.29, 1.82) is 0 Å². The molecule has 2 aromatic heterocycles. The molecule has 0 radical (unpaired) electrons. The fourth-order valence-electron chi connectivity index (χ4n) is 9.93. The standard InChI is InChI=1S/C23H23NO6.C19H15N3O5S.C17H14N2O6S.C10H11NO3/c1-29-19-11-10-14(12-20(19)30-15-6-2-3-7-15)18(13-21(25)26)24-22(27)16-8-4-5-9-17(16)23(24)28;23-18-9-6-14(11-17(18)19(24)25)22-21-13-4-7-16(8-5-13)28(26,27)12-15-3-1-2-10-20-15;1-26(22,23)19-13-8-15-12(17(21)14(9-24-15)18-10-20)7-16(13)25-11-5-3-2-4-6-11;1-7(12)11-9-4-2-8(3-5-9)6-10(13)14/h4-5,8-12,15,18H,2-3,6-7,13H2,1H3,(H,25,26);1-11,23H,12H2,(H,24,25);2-10,19H,1H3,(H,18,20);2-5H,6H2,1H3,(H,11,12)(H,13,14). The predicted molar refractivity (Wildman–Crippen MR) is 358 cm³/mol. The number of benzene rings is 7. The van der Waals surface area contributed by atoms with E-state index < -0.39 is 67.5 Å². The summed E-state index contributed by atoms with van der Waals surface area (Å²) in [5.74, 6) is -3.35. The molecule has 1 saturated carbocycles. The molecule has 7 aromatic carbocycles. The van der Waals surface area contributed by atoms with Gasteiger partial charge >= 0.3 is 17.9 Å². The number of anilines is 3. The van der Waals surface area contributed by atoms with Gasteiger partial charge in [0, 0.05) is 24.9 Å². The summed E-state index contributed by atoms with van der Waals surface area (Å²) in [5.41, 5.74) is 3.00. The van der Waals surface area contributed by atoms with Crippen LogP contribution in [0.3, 0.4) is 0 Å². The average molecular weight is 1370 g/mol. The van der Waals surface area contributed by atoms with E-state index in [9.17, 15) is 65.4 Å². The largest absolute Gasteiger partial charge is 0.507 e. The van der Waals surface area contributed by atoms with Crippen molar-refractivity contribution in [3.05, 3.63) is 226 Å². The zero-order chi connectivity index (χ0) is 70.7. The molecule has 1 fully saturated rings. The number of methoxy groups -OCH3 is 1. The maximum Gasteiger partial charge on any atom is 0.339 e. The summed E-state index contributed by atoms with van der Waals surface area (Å²) in [5, 5.41) is 49.3. The van der Waals surface area contributed by atoms with E-state index in [1.807, 2.05) is 0 Å². The van der Waals surface area contributed by atoms with Crippen LogP contribution in [0.5, 0.6) is 28.7 Å². The third kappa shape index (κ3) is 19.7. The maximum atomic E-state index is 12.9. The minimum absolute atomic E-state index is 0.000349. The van der Waals surface area contributed by atoms with Gasteiger partial charge in [-0.1, -0.05) is 54.6 Å². The number of amides is 4. The van der Waals surface area contributed by atoms with Crippen LogP contribution in [-0.4, -0.2) is 109 Å². The number of sulfonamides is 1. The molecule has 0 bridgehead atoms. The van der Waals surface area contributed by atoms with E-state index in [1.54, 1.807) is 115 Å². The predicted octanol–water partition coefficient (Wildman–Crippen LogP) is 11.5. The Hall–Kier alpha value is -12.1. The van der Waals surface area contributed by atoms with Gasteiger partial charge in [0.1, 0.15) is 34.6 Å². The number of para-hydroxylation sites is 1. The van der Waals surface area contributed by atoms with Crippen molar-refractivity contribution in [2.45, 2.75) is 68.2 Å². The number of ether oxygens (including phenoxy) is 3. The minimum Gasteiger partial charge on any atom is -0.507 e. The SMILES string of the molecule is CC(=O)Nc1ccc(CC(=O)O)cc1.COc1ccc(C(CC(=O)O)N2C(=O)c3ccccc3C2=O)cc1OC1CCCC1.CS(=O)(=O)Nc1cc2occ(NC=O)c(=O)c2cc1Oc1ccccc1.O=C(O)c1cc(N=Nc2ccc(S(=O)(=O)Cc3ccccn3)cc2)ccc1O. The summed E-state index contributed by atoms with van der Waals surface area (Å²) in [6.45, 7) is 1.42. The van der Waals surface area contributed by atoms with Gasteiger partial charge in [-0.2, -0.15) is 10.2 Å². The first kappa shape index (κ1) is 71.7. The molecule has 1 atom stereocenters. The minimum atomic E-state index is -3.60. The van der Waals surface area contributed by atoms with Crippen LogP contribution in [0.2, 0.25) is 0 Å². The van der Waals surface area contributed by atoms with Gasteiger partial charge in [-0.15, -0.1) is 0 Å². The third-order valence-electron chi connectivity index (χ3n) is 14.4. The fraction of sp³-hybridized carbons (Fsp3) is 0.174. The van der Waals surface area contributed by atoms with Gasteiger partial charge in [-0.3, -0.25) is 48.2 Å². The molecule has 29 heteroatoms. The Morgan fingerprint density at radius 1 is 0.724 bits per heavy atom. The second-order valence-electron chi connectivity index (χ2n) is 21.7. The van der Waals surface area contributed by atoms with Crippen molar-refractivity contribution in [2.75, 3.05) is 28.7 Å². The molecule has 3 heterocycles. The number of carboxylic acids is 3. The molecule has 506 valence electrons. The van der Waals surface area contributed by atoms with Gasteiger partial charge in [0.2, 0.25) is 27.8 Å². The van der Waals surface area contributed by atoms with E-state index in [0.29, 0.717) is 51.9 Å². The average Bonchev–Trinajstić information content (AvgIpc) is 1.57. The summed E-state index contributed by atoms with van der Waals surface area (Å²) in [6.07, 6.45) is 7.75. The van der Waals surface area contributed by atoms with Crippen molar-refractivity contribution in [1.82, 2.24) is 9.88 Å². The number of sulfone groups is 1. The number of aromatic carboxylic acids is 1. The molecule has 0 saturated heterocycles. The smallest absolute Gasteiger partial charge is 0.339 e. The van der Waals surface area contributed by atoms with Crippen LogP contribution in [-0.2, 0) is 51.2 Å². The number of nitrogens with zero attached hydrogens (tertiary/aromatic N) is 4. The Kier molecular flexibility index (Phi) is 24.0. The second-order valence-corrected chi connectivity index (χ2v) is 25.4. The van der Waals surface area contributed by atoms with E-state index in [0.717, 1.165) is 43.1 Å². The summed E-state index contributed by atoms with van der Waals surface area (Å²) in [7, 11) is -5.60. The van der Waals surface area contributed by atoms with Crippen LogP contribution in [0.1, 0.15) is 93.0 Å². The number of aliphatic carboxylic acids is 2. The van der Waals surface area contributed by atoms with Crippen molar-refractivity contribution >= 4 is 101 Å². The Morgan fingerprint density at radius 2 is 1.37 bits per heavy atom. The molecular formula is C69H63N7O20S2. The Labute approximate surface area is 560 Å². The molecule has 0 spiro atoms. The van der Waals surface area contributed by atoms with Gasteiger partial charge in [-0.25, -0.2) is 21.6 Å². The number of hydrogen-bond donors (Lipinski definition) is 7. The molecule has 98 heavy (non-hydrogen) atoms. The van der Waals surface area contributed by atoms with Crippen LogP contribution in [0, 0.1) is 0 Å². The zero-order valence-electron chi connectivity index (χ0n) is 52.4. The highest BCUT2D eigenvalue weighted by Crippen LogP contribution is 2.40. The fourth-order valence-corrected chi connectivity index (χ4v) is 11.8. The van der Waals surface area contributed by atoms with E-state index in [2.05, 4.69) is 30.6 Å². The number of azo groups is 1. The van der Waals surface area contributed by atoms with Crippen LogP contribution < -0.4 is 35.0 Å². The molecule has 1 aliphatic carbocycles. The highest BCUT2D eigenvalue weighted by atomic mass is 32.2. The van der Waals surface area contributed by atoms with E-state index in [-0.39, 0.29) is 85.3 Å². The Morgan fingerprint density at radius 3 is 1.96 bits per heavy atom. The monoisotopic (exact) mass is 1370 g/mol. The normalized spacial score (nSPS) is 12.9. The first-order valence-electron chi connectivity index (χ1n) is 29.6. The lowest BCUT2D eigenvalue weighted by Gasteiger charge is -2.26. The number of pyridine rings is 1.